The third kappa shape index (κ3) is 50.4. The average Bonchev–Trinajstić information content (AvgIpc) is 3.32. The van der Waals surface area contributed by atoms with Crippen LogP contribution in [0.25, 0.3) is 0 Å². The minimum absolute atomic E-state index is 0.154. The molecule has 3 atom stereocenters. The van der Waals surface area contributed by atoms with Crippen LogP contribution in [-0.4, -0.2) is 46.1 Å². The Hall–Kier alpha value is -1.43. The van der Waals surface area contributed by atoms with Crippen LogP contribution in [0, 0.1) is 0 Å². The van der Waals surface area contributed by atoms with Gasteiger partial charge in [0.1, 0.15) is 6.10 Å². The van der Waals surface area contributed by atoms with Gasteiger partial charge in [-0.25, -0.2) is 0 Å². The number of aliphatic hydroxyl groups is 3. The highest BCUT2D eigenvalue weighted by molar-refractivity contribution is 5.76. The molecule has 0 radical (unpaired) electrons. The fourth-order valence-electron chi connectivity index (χ4n) is 9.35. The second-order valence-corrected chi connectivity index (χ2v) is 20.5. The maximum atomic E-state index is 12.5. The molecule has 0 aliphatic rings. The summed E-state index contributed by atoms with van der Waals surface area (Å²) in [7, 11) is 0. The number of aliphatic hydroxyl groups excluding tert-OH is 3. The van der Waals surface area contributed by atoms with E-state index in [1.54, 1.807) is 0 Å². The number of carbonyl (C=O) groups excluding carboxylic acids is 1. The summed E-state index contributed by atoms with van der Waals surface area (Å²) in [6.07, 6.45) is 73.3. The standard InChI is InChI=1S/C61H117NO4/c1-3-5-7-9-11-13-15-17-19-21-22-23-24-25-26-27-28-29-30-31-32-33-34-35-36-37-38-40-42-44-46-48-50-52-54-56-60(65)62-58(57-63)61(66)59(64)55-53-51-49-47-45-43-41-39-20-18-16-14-12-10-8-6-4-2/h27-28,39,41,47,49,58-59,61,63-64,66H,3-26,29-38,40,42-46,48,50-57H2,1-2H3,(H,62,65)/b28-27-,41-39+,49-47+. The van der Waals surface area contributed by atoms with Crippen molar-refractivity contribution in [2.45, 2.75) is 340 Å². The van der Waals surface area contributed by atoms with Crippen molar-refractivity contribution in [3.8, 4) is 0 Å². The minimum Gasteiger partial charge on any atom is -0.394 e. The first-order chi connectivity index (χ1) is 32.6. The average molecular weight is 929 g/mol. The fraction of sp³-hybridized carbons (Fsp3) is 0.885. The van der Waals surface area contributed by atoms with Crippen molar-refractivity contribution in [2.75, 3.05) is 6.61 Å². The van der Waals surface area contributed by atoms with Crippen LogP contribution in [0.5, 0.6) is 0 Å². The minimum atomic E-state index is -1.17. The normalized spacial score (nSPS) is 13.5. The monoisotopic (exact) mass is 928 g/mol. The highest BCUT2D eigenvalue weighted by Crippen LogP contribution is 2.17. The molecular formula is C61H117NO4. The molecular weight excluding hydrogens is 811 g/mol. The zero-order valence-corrected chi connectivity index (χ0v) is 44.6. The third-order valence-corrected chi connectivity index (χ3v) is 13.9. The van der Waals surface area contributed by atoms with E-state index in [1.165, 1.54) is 250 Å². The highest BCUT2D eigenvalue weighted by atomic mass is 16.3. The number of hydrogen-bond acceptors (Lipinski definition) is 4. The van der Waals surface area contributed by atoms with E-state index >= 15 is 0 Å². The Kier molecular flexibility index (Phi) is 54.9. The Balaban J connectivity index is 3.50. The number of rotatable bonds is 55. The molecule has 5 heteroatoms. The van der Waals surface area contributed by atoms with Crippen molar-refractivity contribution in [3.63, 3.8) is 0 Å². The van der Waals surface area contributed by atoms with E-state index in [0.717, 1.165) is 44.9 Å². The predicted molar refractivity (Wildman–Crippen MR) is 291 cm³/mol. The summed E-state index contributed by atoms with van der Waals surface area (Å²) in [4.78, 5) is 12.5. The van der Waals surface area contributed by atoms with E-state index in [0.29, 0.717) is 12.8 Å². The molecule has 0 spiro atoms. The molecule has 0 aromatic rings. The SMILES string of the molecule is CCCCCCCCCC/C=C/CC/C=C/CCCC(O)C(O)C(CO)NC(=O)CCCCCCCCCCCCCCCCCCC/C=C\CCCCCCCCCCCCCCCC. The van der Waals surface area contributed by atoms with Crippen molar-refractivity contribution in [3.05, 3.63) is 36.5 Å². The van der Waals surface area contributed by atoms with Gasteiger partial charge < -0.3 is 20.6 Å². The molecule has 66 heavy (non-hydrogen) atoms. The van der Waals surface area contributed by atoms with Crippen molar-refractivity contribution in [1.29, 1.82) is 0 Å². The lowest BCUT2D eigenvalue weighted by atomic mass is 10.0. The molecule has 0 aromatic carbocycles. The van der Waals surface area contributed by atoms with Gasteiger partial charge in [0.15, 0.2) is 0 Å². The molecule has 0 fully saturated rings. The van der Waals surface area contributed by atoms with Gasteiger partial charge in [-0.1, -0.05) is 275 Å². The van der Waals surface area contributed by atoms with E-state index in [-0.39, 0.29) is 12.5 Å². The molecule has 0 aromatic heterocycles. The summed E-state index contributed by atoms with van der Waals surface area (Å²) in [5.41, 5.74) is 0. The van der Waals surface area contributed by atoms with Crippen LogP contribution < -0.4 is 5.32 Å². The van der Waals surface area contributed by atoms with Gasteiger partial charge in [0.25, 0.3) is 0 Å². The highest BCUT2D eigenvalue weighted by Gasteiger charge is 2.26. The summed E-state index contributed by atoms with van der Waals surface area (Å²) in [5.74, 6) is -0.154. The van der Waals surface area contributed by atoms with Gasteiger partial charge >= 0.3 is 0 Å². The molecule has 0 aliphatic heterocycles. The van der Waals surface area contributed by atoms with Crippen LogP contribution >= 0.6 is 0 Å². The molecule has 0 saturated carbocycles. The molecule has 0 saturated heterocycles. The summed E-state index contributed by atoms with van der Waals surface area (Å²) in [6.45, 7) is 4.19. The summed E-state index contributed by atoms with van der Waals surface area (Å²) >= 11 is 0. The zero-order valence-electron chi connectivity index (χ0n) is 44.6. The maximum Gasteiger partial charge on any atom is 0.220 e. The number of nitrogens with one attached hydrogen (secondary N) is 1. The van der Waals surface area contributed by atoms with Gasteiger partial charge in [-0.15, -0.1) is 0 Å². The van der Waals surface area contributed by atoms with Crippen LogP contribution in [0.3, 0.4) is 0 Å². The van der Waals surface area contributed by atoms with Crippen molar-refractivity contribution in [1.82, 2.24) is 5.32 Å². The Bertz CT molecular complexity index is 1020. The first-order valence-electron chi connectivity index (χ1n) is 29.8. The fourth-order valence-corrected chi connectivity index (χ4v) is 9.35. The van der Waals surface area contributed by atoms with Gasteiger partial charge in [-0.05, 0) is 77.0 Å². The molecule has 0 rings (SSSR count). The van der Waals surface area contributed by atoms with Crippen molar-refractivity contribution < 1.29 is 20.1 Å². The second-order valence-electron chi connectivity index (χ2n) is 20.5. The van der Waals surface area contributed by atoms with Gasteiger partial charge in [-0.2, -0.15) is 0 Å². The van der Waals surface area contributed by atoms with E-state index in [2.05, 4.69) is 55.6 Å². The lowest BCUT2D eigenvalue weighted by Gasteiger charge is -2.26. The van der Waals surface area contributed by atoms with Gasteiger partial charge in [0.2, 0.25) is 5.91 Å². The Morgan fingerprint density at radius 2 is 0.621 bits per heavy atom. The Morgan fingerprint density at radius 3 is 0.924 bits per heavy atom. The van der Waals surface area contributed by atoms with Crippen LogP contribution in [-0.2, 0) is 4.79 Å². The number of unbranched alkanes of at least 4 members (excludes halogenated alkanes) is 41. The largest absolute Gasteiger partial charge is 0.394 e. The van der Waals surface area contributed by atoms with E-state index in [9.17, 15) is 20.1 Å². The molecule has 0 bridgehead atoms. The second kappa shape index (κ2) is 56.2. The molecule has 5 nitrogen and oxygen atoms in total. The van der Waals surface area contributed by atoms with Crippen molar-refractivity contribution >= 4 is 5.91 Å². The number of allylic oxidation sites excluding steroid dienone is 6. The van der Waals surface area contributed by atoms with Crippen LogP contribution in [0.15, 0.2) is 36.5 Å². The van der Waals surface area contributed by atoms with Gasteiger partial charge in [0.05, 0.1) is 18.8 Å². The zero-order chi connectivity index (χ0) is 47.9. The maximum absolute atomic E-state index is 12.5. The van der Waals surface area contributed by atoms with E-state index in [4.69, 9.17) is 0 Å². The van der Waals surface area contributed by atoms with Gasteiger partial charge in [0, 0.05) is 6.42 Å². The Morgan fingerprint density at radius 1 is 0.364 bits per heavy atom. The summed E-state index contributed by atoms with van der Waals surface area (Å²) in [5, 5.41) is 33.7. The quantitative estimate of drug-likeness (QED) is 0.0361. The summed E-state index contributed by atoms with van der Waals surface area (Å²) < 4.78 is 0. The van der Waals surface area contributed by atoms with Crippen molar-refractivity contribution in [2.24, 2.45) is 0 Å². The Labute approximate surface area is 413 Å². The topological polar surface area (TPSA) is 89.8 Å². The number of carbonyl (C=O) groups is 1. The molecule has 0 aliphatic carbocycles. The molecule has 1 amide bonds. The molecule has 390 valence electrons. The molecule has 3 unspecified atom stereocenters. The predicted octanol–water partition coefficient (Wildman–Crippen LogP) is 18.6. The lowest BCUT2D eigenvalue weighted by Crippen LogP contribution is -2.50. The smallest absolute Gasteiger partial charge is 0.220 e. The molecule has 4 N–H and O–H groups in total. The summed E-state index contributed by atoms with van der Waals surface area (Å²) in [6, 6.07) is -0.832. The lowest BCUT2D eigenvalue weighted by molar-refractivity contribution is -0.124. The first-order valence-corrected chi connectivity index (χ1v) is 29.8. The number of amides is 1. The van der Waals surface area contributed by atoms with Crippen LogP contribution in [0.2, 0.25) is 0 Å². The van der Waals surface area contributed by atoms with E-state index < -0.39 is 18.2 Å². The number of hydrogen-bond donors (Lipinski definition) is 4. The first kappa shape index (κ1) is 64.6. The van der Waals surface area contributed by atoms with Crippen LogP contribution in [0.1, 0.15) is 322 Å². The third-order valence-electron chi connectivity index (χ3n) is 13.9. The van der Waals surface area contributed by atoms with Gasteiger partial charge in [-0.3, -0.25) is 4.79 Å². The molecule has 0 heterocycles. The van der Waals surface area contributed by atoms with E-state index in [1.807, 2.05) is 0 Å². The van der Waals surface area contributed by atoms with Crippen LogP contribution in [0.4, 0.5) is 0 Å².